The lowest BCUT2D eigenvalue weighted by Gasteiger charge is -2.12. The lowest BCUT2D eigenvalue weighted by atomic mass is 10.0. The average Bonchev–Trinajstić information content (AvgIpc) is 3.86. The Balaban J connectivity index is 1.11. The van der Waals surface area contributed by atoms with Gasteiger partial charge in [0.15, 0.2) is 17.5 Å². The van der Waals surface area contributed by atoms with Gasteiger partial charge in [-0.1, -0.05) is 164 Å². The third-order valence-corrected chi connectivity index (χ3v) is 11.7. The van der Waals surface area contributed by atoms with Crippen LogP contribution in [-0.2, 0) is 0 Å². The van der Waals surface area contributed by atoms with Gasteiger partial charge in [-0.25, -0.2) is 15.0 Å². The predicted molar refractivity (Wildman–Crippen MR) is 248 cm³/mol. The van der Waals surface area contributed by atoms with Crippen LogP contribution in [0.2, 0.25) is 0 Å². The summed E-state index contributed by atoms with van der Waals surface area (Å²) in [5.41, 5.74) is 12.0. The van der Waals surface area contributed by atoms with Gasteiger partial charge < -0.3 is 9.13 Å². The molecule has 0 aliphatic rings. The largest absolute Gasteiger partial charge is 0.309 e. The highest BCUT2D eigenvalue weighted by atomic mass is 15.0. The van der Waals surface area contributed by atoms with Gasteiger partial charge in [0, 0.05) is 49.6 Å². The maximum Gasteiger partial charge on any atom is 0.164 e. The van der Waals surface area contributed by atoms with E-state index in [0.29, 0.717) is 17.5 Å². The third kappa shape index (κ3) is 5.44. The predicted octanol–water partition coefficient (Wildman–Crippen LogP) is 13.9. The molecule has 0 fully saturated rings. The first-order valence-corrected chi connectivity index (χ1v) is 20.3. The van der Waals surface area contributed by atoms with Gasteiger partial charge in [0.2, 0.25) is 0 Å². The summed E-state index contributed by atoms with van der Waals surface area (Å²) in [5.74, 6) is 1.91. The summed E-state index contributed by atoms with van der Waals surface area (Å²) in [6, 6.07) is 75.1. The van der Waals surface area contributed by atoms with E-state index in [0.717, 1.165) is 39.1 Å². The molecule has 0 atom stereocenters. The molecule has 60 heavy (non-hydrogen) atoms. The molecule has 0 saturated heterocycles. The fraction of sp³-hybridized carbons (Fsp3) is 0. The zero-order chi connectivity index (χ0) is 39.6. The minimum Gasteiger partial charge on any atom is -0.309 e. The molecule has 3 heterocycles. The van der Waals surface area contributed by atoms with Crippen molar-refractivity contribution in [2.24, 2.45) is 0 Å². The van der Waals surface area contributed by atoms with Crippen molar-refractivity contribution in [3.63, 3.8) is 0 Å². The zero-order valence-electron chi connectivity index (χ0n) is 32.4. The van der Waals surface area contributed by atoms with Crippen LogP contribution in [0.25, 0.3) is 111 Å². The summed E-state index contributed by atoms with van der Waals surface area (Å²) in [4.78, 5) is 15.1. The van der Waals surface area contributed by atoms with Gasteiger partial charge in [-0.05, 0) is 70.4 Å². The number of nitrogens with zero attached hydrogens (tertiary/aromatic N) is 5. The highest BCUT2D eigenvalue weighted by Crippen LogP contribution is 2.45. The van der Waals surface area contributed by atoms with Crippen LogP contribution in [0.15, 0.2) is 212 Å². The van der Waals surface area contributed by atoms with E-state index in [1.807, 2.05) is 60.7 Å². The molecule has 9 aromatic carbocycles. The van der Waals surface area contributed by atoms with Crippen LogP contribution in [0.1, 0.15) is 0 Å². The number of rotatable bonds is 6. The van der Waals surface area contributed by atoms with Crippen LogP contribution >= 0.6 is 0 Å². The van der Waals surface area contributed by atoms with Gasteiger partial charge in [-0.3, -0.25) is 0 Å². The monoisotopic (exact) mass is 765 g/mol. The molecule has 12 aromatic rings. The molecule has 5 nitrogen and oxygen atoms in total. The molecule has 0 aliphatic heterocycles. The van der Waals surface area contributed by atoms with E-state index in [1.165, 1.54) is 54.5 Å². The van der Waals surface area contributed by atoms with Gasteiger partial charge >= 0.3 is 0 Å². The van der Waals surface area contributed by atoms with Gasteiger partial charge in [-0.15, -0.1) is 0 Å². The maximum atomic E-state index is 5.08. The van der Waals surface area contributed by atoms with Crippen LogP contribution in [0.5, 0.6) is 0 Å². The van der Waals surface area contributed by atoms with Gasteiger partial charge in [0.25, 0.3) is 0 Å². The summed E-state index contributed by atoms with van der Waals surface area (Å²) < 4.78 is 4.83. The van der Waals surface area contributed by atoms with Crippen LogP contribution in [-0.4, -0.2) is 24.1 Å². The van der Waals surface area contributed by atoms with E-state index in [1.54, 1.807) is 0 Å². The Morgan fingerprint density at radius 3 is 1.40 bits per heavy atom. The molecular weight excluding hydrogens is 731 g/mol. The highest BCUT2D eigenvalue weighted by molar-refractivity contribution is 6.33. The number of aromatic nitrogens is 5. The first kappa shape index (κ1) is 33.9. The SMILES string of the molecule is c1ccc(-c2ccc(-n3c4ccccc4c4c5c6c7ccccc7ccc6n(-c6cccc(-c7nc(-c8ccccc8)nc(-c8ccccc8)n7)c6)c5ccc43)cc2)cc1. The molecule has 0 radical (unpaired) electrons. The number of para-hydroxylation sites is 1. The van der Waals surface area contributed by atoms with E-state index >= 15 is 0 Å². The first-order chi connectivity index (χ1) is 29.8. The second-order valence-corrected chi connectivity index (χ2v) is 15.2. The van der Waals surface area contributed by atoms with Crippen LogP contribution in [0.4, 0.5) is 0 Å². The van der Waals surface area contributed by atoms with Crippen molar-refractivity contribution in [3.8, 4) is 56.7 Å². The Morgan fingerprint density at radius 1 is 0.267 bits per heavy atom. The molecule has 12 rings (SSSR count). The van der Waals surface area contributed by atoms with Crippen molar-refractivity contribution in [1.82, 2.24) is 24.1 Å². The molecule has 3 aromatic heterocycles. The lowest BCUT2D eigenvalue weighted by Crippen LogP contribution is -2.01. The van der Waals surface area contributed by atoms with Crippen molar-refractivity contribution in [3.05, 3.63) is 212 Å². The Kier molecular flexibility index (Phi) is 7.78. The van der Waals surface area contributed by atoms with Crippen molar-refractivity contribution >= 4 is 54.4 Å². The van der Waals surface area contributed by atoms with Gasteiger partial charge in [0.1, 0.15) is 0 Å². The molecule has 0 N–H and O–H groups in total. The van der Waals surface area contributed by atoms with Crippen molar-refractivity contribution in [2.45, 2.75) is 0 Å². The summed E-state index contributed by atoms with van der Waals surface area (Å²) in [6.45, 7) is 0. The molecule has 0 saturated carbocycles. The Hall–Kier alpha value is -8.15. The summed E-state index contributed by atoms with van der Waals surface area (Å²) >= 11 is 0. The van der Waals surface area contributed by atoms with Gasteiger partial charge in [0.05, 0.1) is 22.1 Å². The van der Waals surface area contributed by atoms with Crippen molar-refractivity contribution in [1.29, 1.82) is 0 Å². The van der Waals surface area contributed by atoms with Crippen molar-refractivity contribution in [2.75, 3.05) is 0 Å². The Bertz CT molecular complexity index is 3510. The third-order valence-electron chi connectivity index (χ3n) is 11.7. The lowest BCUT2D eigenvalue weighted by molar-refractivity contribution is 1.07. The van der Waals surface area contributed by atoms with Crippen LogP contribution in [0, 0.1) is 0 Å². The van der Waals surface area contributed by atoms with E-state index in [4.69, 9.17) is 15.0 Å². The quantitative estimate of drug-likeness (QED) is 0.169. The summed E-state index contributed by atoms with van der Waals surface area (Å²) in [7, 11) is 0. The highest BCUT2D eigenvalue weighted by Gasteiger charge is 2.22. The average molecular weight is 766 g/mol. The minimum absolute atomic E-state index is 0.625. The maximum absolute atomic E-state index is 5.08. The van der Waals surface area contributed by atoms with Crippen LogP contribution < -0.4 is 0 Å². The number of hydrogen-bond acceptors (Lipinski definition) is 3. The van der Waals surface area contributed by atoms with Crippen molar-refractivity contribution < 1.29 is 0 Å². The first-order valence-electron chi connectivity index (χ1n) is 20.3. The van der Waals surface area contributed by atoms with E-state index < -0.39 is 0 Å². The molecule has 0 unspecified atom stereocenters. The zero-order valence-corrected chi connectivity index (χ0v) is 32.4. The van der Waals surface area contributed by atoms with E-state index in [2.05, 4.69) is 161 Å². The van der Waals surface area contributed by atoms with E-state index in [9.17, 15) is 0 Å². The number of hydrogen-bond donors (Lipinski definition) is 0. The molecule has 0 spiro atoms. The normalized spacial score (nSPS) is 11.7. The Labute approximate surface area is 346 Å². The Morgan fingerprint density at radius 2 is 0.733 bits per heavy atom. The smallest absolute Gasteiger partial charge is 0.164 e. The summed E-state index contributed by atoms with van der Waals surface area (Å²) in [5, 5.41) is 7.37. The van der Waals surface area contributed by atoms with E-state index in [-0.39, 0.29) is 0 Å². The fourth-order valence-electron chi connectivity index (χ4n) is 9.04. The fourth-order valence-corrected chi connectivity index (χ4v) is 9.04. The molecule has 0 bridgehead atoms. The topological polar surface area (TPSA) is 48.5 Å². The number of benzene rings is 9. The number of fused-ring (bicyclic) bond motifs is 9. The second-order valence-electron chi connectivity index (χ2n) is 15.2. The minimum atomic E-state index is 0.625. The second kappa shape index (κ2) is 13.8. The molecule has 0 amide bonds. The van der Waals surface area contributed by atoms with Gasteiger partial charge in [-0.2, -0.15) is 0 Å². The van der Waals surface area contributed by atoms with Crippen LogP contribution in [0.3, 0.4) is 0 Å². The molecular formula is C55H35N5. The molecule has 5 heteroatoms. The molecule has 280 valence electrons. The molecule has 0 aliphatic carbocycles. The standard InChI is InChI=1S/C55H35N5/c1-4-15-36(16-5-1)37-27-30-42(31-28-37)59-46-26-13-12-25-45(46)51-48(59)33-34-49-52(51)50-44-24-11-10-17-38(44)29-32-47(50)60(49)43-23-14-22-41(35-43)55-57-53(39-18-6-2-7-19-39)56-54(58-55)40-20-8-3-9-21-40/h1-35H. The summed E-state index contributed by atoms with van der Waals surface area (Å²) in [6.07, 6.45) is 0.